The Balaban J connectivity index is 2.71. The fraction of sp³-hybridized carbons (Fsp3) is 0.500. The van der Waals surface area contributed by atoms with Gasteiger partial charge in [0.15, 0.2) is 5.43 Å². The summed E-state index contributed by atoms with van der Waals surface area (Å²) in [6, 6.07) is 1.35. The predicted octanol–water partition coefficient (Wildman–Crippen LogP) is 1.21. The van der Waals surface area contributed by atoms with E-state index in [4.69, 9.17) is 4.74 Å². The van der Waals surface area contributed by atoms with E-state index in [1.165, 1.54) is 12.3 Å². The summed E-state index contributed by atoms with van der Waals surface area (Å²) < 4.78 is 4.96. The van der Waals surface area contributed by atoms with Gasteiger partial charge in [0, 0.05) is 43.0 Å². The van der Waals surface area contributed by atoms with Gasteiger partial charge in [0.1, 0.15) is 5.56 Å². The van der Waals surface area contributed by atoms with Gasteiger partial charge >= 0.3 is 0 Å². The Hall–Kier alpha value is -1.14. The fourth-order valence-corrected chi connectivity index (χ4v) is 1.95. The molecule has 0 aliphatic rings. The van der Waals surface area contributed by atoms with Crippen molar-refractivity contribution in [1.29, 1.82) is 0 Å². The van der Waals surface area contributed by atoms with Gasteiger partial charge in [-0.25, -0.2) is 0 Å². The van der Waals surface area contributed by atoms with Crippen LogP contribution in [0.1, 0.15) is 22.5 Å². The highest BCUT2D eigenvalue weighted by atomic mass is 79.9. The summed E-state index contributed by atoms with van der Waals surface area (Å²) in [4.78, 5) is 26.4. The van der Waals surface area contributed by atoms with Crippen molar-refractivity contribution in [1.82, 2.24) is 10.3 Å². The van der Waals surface area contributed by atoms with E-state index < -0.39 is 0 Å². The molecule has 0 bridgehead atoms. The average Bonchev–Trinajstić information content (AvgIpc) is 2.34. The van der Waals surface area contributed by atoms with Crippen molar-refractivity contribution >= 4 is 21.8 Å². The van der Waals surface area contributed by atoms with Gasteiger partial charge < -0.3 is 15.0 Å². The van der Waals surface area contributed by atoms with Crippen LogP contribution in [0.25, 0.3) is 0 Å². The second-order valence-corrected chi connectivity index (χ2v) is 4.65. The summed E-state index contributed by atoms with van der Waals surface area (Å²) in [5, 5.41) is 3.41. The number of halogens is 1. The van der Waals surface area contributed by atoms with E-state index in [9.17, 15) is 9.59 Å². The molecule has 1 atom stereocenters. The highest BCUT2D eigenvalue weighted by Crippen LogP contribution is 2.00. The van der Waals surface area contributed by atoms with E-state index in [1.54, 1.807) is 14.0 Å². The van der Waals surface area contributed by atoms with Crippen molar-refractivity contribution in [3.8, 4) is 0 Å². The van der Waals surface area contributed by atoms with Gasteiger partial charge in [-0.1, -0.05) is 15.9 Å². The predicted molar refractivity (Wildman–Crippen MR) is 73.3 cm³/mol. The number of aromatic amines is 1. The number of alkyl halides is 1. The Bertz CT molecular complexity index is 459. The van der Waals surface area contributed by atoms with E-state index >= 15 is 0 Å². The maximum Gasteiger partial charge on any atom is 0.256 e. The summed E-state index contributed by atoms with van der Waals surface area (Å²) in [5.74, 6) is -0.364. The Kier molecular flexibility index (Phi) is 6.07. The number of hydrogen-bond acceptors (Lipinski definition) is 3. The summed E-state index contributed by atoms with van der Waals surface area (Å²) in [6.45, 7) is 2.32. The molecular formula is C12H17BrN2O3. The van der Waals surface area contributed by atoms with E-state index in [0.717, 1.165) is 5.69 Å². The number of methoxy groups -OCH3 is 1. The third-order valence-electron chi connectivity index (χ3n) is 2.49. The number of carbonyl (C=O) groups excluding carboxylic acids is 1. The molecule has 1 heterocycles. The number of aromatic nitrogens is 1. The molecule has 1 unspecified atom stereocenters. The zero-order valence-electron chi connectivity index (χ0n) is 10.5. The smallest absolute Gasteiger partial charge is 0.256 e. The van der Waals surface area contributed by atoms with Gasteiger partial charge in [-0.3, -0.25) is 9.59 Å². The number of amides is 1. The Morgan fingerprint density at radius 2 is 2.33 bits per heavy atom. The third-order valence-corrected chi connectivity index (χ3v) is 3.28. The molecule has 0 fully saturated rings. The van der Waals surface area contributed by atoms with Crippen LogP contribution < -0.4 is 10.7 Å². The van der Waals surface area contributed by atoms with Crippen LogP contribution in [-0.4, -0.2) is 36.0 Å². The van der Waals surface area contributed by atoms with E-state index in [0.29, 0.717) is 18.4 Å². The fourth-order valence-electron chi connectivity index (χ4n) is 1.46. The molecule has 6 heteroatoms. The zero-order chi connectivity index (χ0) is 13.5. The first-order valence-electron chi connectivity index (χ1n) is 5.63. The number of hydrogen-bond donors (Lipinski definition) is 2. The lowest BCUT2D eigenvalue weighted by molar-refractivity contribution is 0.0929. The van der Waals surface area contributed by atoms with Crippen molar-refractivity contribution in [3.05, 3.63) is 33.7 Å². The molecule has 1 aromatic rings. The monoisotopic (exact) mass is 316 g/mol. The van der Waals surface area contributed by atoms with Crippen molar-refractivity contribution in [2.24, 2.45) is 0 Å². The maximum absolute atomic E-state index is 11.9. The quantitative estimate of drug-likeness (QED) is 0.775. The molecule has 0 aliphatic heterocycles. The topological polar surface area (TPSA) is 71.2 Å². The molecule has 100 valence electrons. The molecule has 2 N–H and O–H groups in total. The number of aryl methyl sites for hydroxylation is 1. The number of nitrogens with one attached hydrogen (secondary N) is 2. The lowest BCUT2D eigenvalue weighted by Crippen LogP contribution is -2.39. The number of H-pyrrole nitrogens is 1. The Labute approximate surface area is 114 Å². The molecule has 1 amide bonds. The van der Waals surface area contributed by atoms with Gasteiger partial charge in [-0.15, -0.1) is 0 Å². The Morgan fingerprint density at radius 1 is 1.61 bits per heavy atom. The molecule has 1 aromatic heterocycles. The highest BCUT2D eigenvalue weighted by Gasteiger charge is 2.15. The minimum Gasteiger partial charge on any atom is -0.385 e. The summed E-state index contributed by atoms with van der Waals surface area (Å²) in [7, 11) is 1.61. The SMILES string of the molecule is COCCC(CBr)NC(=O)c1c[nH]c(C)cc1=O. The van der Waals surface area contributed by atoms with Gasteiger partial charge in [-0.05, 0) is 13.3 Å². The van der Waals surface area contributed by atoms with Crippen molar-refractivity contribution in [2.75, 3.05) is 19.0 Å². The number of ether oxygens (including phenoxy) is 1. The van der Waals surface area contributed by atoms with E-state index in [-0.39, 0.29) is 22.9 Å². The molecule has 0 saturated heterocycles. The second-order valence-electron chi connectivity index (χ2n) is 4.00. The first-order chi connectivity index (χ1) is 8.58. The zero-order valence-corrected chi connectivity index (χ0v) is 12.0. The molecule has 5 nitrogen and oxygen atoms in total. The molecule has 0 spiro atoms. The number of pyridine rings is 1. The molecular weight excluding hydrogens is 300 g/mol. The largest absolute Gasteiger partial charge is 0.385 e. The lowest BCUT2D eigenvalue weighted by atomic mass is 10.2. The maximum atomic E-state index is 11.9. The third kappa shape index (κ3) is 4.27. The Morgan fingerprint density at radius 3 is 2.89 bits per heavy atom. The lowest BCUT2D eigenvalue weighted by Gasteiger charge is -2.15. The first-order valence-corrected chi connectivity index (χ1v) is 6.75. The van der Waals surface area contributed by atoms with Crippen LogP contribution in [0.4, 0.5) is 0 Å². The van der Waals surface area contributed by atoms with Crippen LogP contribution in [0, 0.1) is 6.92 Å². The minimum absolute atomic E-state index is 0.0573. The molecule has 0 aliphatic carbocycles. The molecule has 0 aromatic carbocycles. The van der Waals surface area contributed by atoms with Crippen LogP contribution in [0.3, 0.4) is 0 Å². The first kappa shape index (κ1) is 14.9. The normalized spacial score (nSPS) is 12.2. The summed E-state index contributed by atoms with van der Waals surface area (Å²) in [5.41, 5.74) is 0.584. The molecule has 0 radical (unpaired) electrons. The van der Waals surface area contributed by atoms with Crippen molar-refractivity contribution < 1.29 is 9.53 Å². The van der Waals surface area contributed by atoms with Gasteiger partial charge in [0.25, 0.3) is 5.91 Å². The molecule has 1 rings (SSSR count). The van der Waals surface area contributed by atoms with Gasteiger partial charge in [0.05, 0.1) is 0 Å². The summed E-state index contributed by atoms with van der Waals surface area (Å²) >= 11 is 3.32. The highest BCUT2D eigenvalue weighted by molar-refractivity contribution is 9.09. The van der Waals surface area contributed by atoms with Crippen LogP contribution in [-0.2, 0) is 4.74 Å². The second kappa shape index (κ2) is 7.33. The average molecular weight is 317 g/mol. The minimum atomic E-state index is -0.364. The molecule has 0 saturated carbocycles. The number of rotatable bonds is 6. The van der Waals surface area contributed by atoms with Crippen LogP contribution in [0.15, 0.2) is 17.1 Å². The van der Waals surface area contributed by atoms with Crippen molar-refractivity contribution in [3.63, 3.8) is 0 Å². The standard InChI is InChI=1S/C12H17BrN2O3/c1-8-5-11(16)10(7-14-8)12(17)15-9(6-13)3-4-18-2/h5,7,9H,3-4,6H2,1-2H3,(H,14,16)(H,15,17). The van der Waals surface area contributed by atoms with Crippen LogP contribution in [0.2, 0.25) is 0 Å². The van der Waals surface area contributed by atoms with Crippen LogP contribution in [0.5, 0.6) is 0 Å². The van der Waals surface area contributed by atoms with Gasteiger partial charge in [-0.2, -0.15) is 0 Å². The van der Waals surface area contributed by atoms with Crippen LogP contribution >= 0.6 is 15.9 Å². The van der Waals surface area contributed by atoms with Gasteiger partial charge in [0.2, 0.25) is 0 Å². The van der Waals surface area contributed by atoms with Crippen molar-refractivity contribution in [2.45, 2.75) is 19.4 Å². The summed E-state index contributed by atoms with van der Waals surface area (Å²) in [6.07, 6.45) is 2.13. The number of carbonyl (C=O) groups is 1. The van der Waals surface area contributed by atoms with E-state index in [2.05, 4.69) is 26.2 Å². The molecule has 18 heavy (non-hydrogen) atoms. The van der Waals surface area contributed by atoms with E-state index in [1.807, 2.05) is 0 Å².